The van der Waals surface area contributed by atoms with Crippen LogP contribution in [-0.2, 0) is 0 Å². The molecule has 1 rings (SSSR count). The molecule has 0 amide bonds. The minimum absolute atomic E-state index is 0.00398. The van der Waals surface area contributed by atoms with Crippen LogP contribution in [0.5, 0.6) is 0 Å². The zero-order valence-electron chi connectivity index (χ0n) is 7.50. The summed E-state index contributed by atoms with van der Waals surface area (Å²) in [6.45, 7) is 2.08. The second kappa shape index (κ2) is 4.98. The van der Waals surface area contributed by atoms with Crippen molar-refractivity contribution in [3.63, 3.8) is 0 Å². The van der Waals surface area contributed by atoms with Crippen molar-refractivity contribution in [1.82, 2.24) is 4.98 Å². The zero-order chi connectivity index (χ0) is 9.68. The van der Waals surface area contributed by atoms with Crippen LogP contribution in [0.4, 0.5) is 0 Å². The van der Waals surface area contributed by atoms with Gasteiger partial charge >= 0.3 is 0 Å². The molecule has 2 nitrogen and oxygen atoms in total. The first kappa shape index (κ1) is 10.2. The number of pyridine rings is 1. The Morgan fingerprint density at radius 3 is 3.00 bits per heavy atom. The molecule has 1 aromatic rings. The molecule has 0 bridgehead atoms. The van der Waals surface area contributed by atoms with Crippen molar-refractivity contribution in [2.75, 3.05) is 0 Å². The Morgan fingerprint density at radius 2 is 2.46 bits per heavy atom. The molecule has 0 saturated carbocycles. The lowest BCUT2D eigenvalue weighted by Crippen LogP contribution is -1.95. The van der Waals surface area contributed by atoms with Crippen LogP contribution < -0.4 is 0 Å². The molecule has 0 spiro atoms. The van der Waals surface area contributed by atoms with Gasteiger partial charge in [0.2, 0.25) is 0 Å². The van der Waals surface area contributed by atoms with Crippen LogP contribution >= 0.6 is 15.9 Å². The molecule has 1 heterocycles. The summed E-state index contributed by atoms with van der Waals surface area (Å²) >= 11 is 3.29. The van der Waals surface area contributed by atoms with E-state index in [4.69, 9.17) is 5.26 Å². The number of hydrogen-bond donors (Lipinski definition) is 0. The second-order valence-corrected chi connectivity index (χ2v) is 3.69. The first-order valence-electron chi connectivity index (χ1n) is 4.29. The zero-order valence-corrected chi connectivity index (χ0v) is 9.08. The van der Waals surface area contributed by atoms with Gasteiger partial charge in [-0.25, -0.2) is 4.98 Å². The van der Waals surface area contributed by atoms with Crippen LogP contribution in [0, 0.1) is 11.3 Å². The van der Waals surface area contributed by atoms with E-state index in [9.17, 15) is 0 Å². The van der Waals surface area contributed by atoms with Gasteiger partial charge in [0.25, 0.3) is 0 Å². The SMILES string of the molecule is CCCC(C#N)c1ccnc(Br)c1. The standard InChI is InChI=1S/C10H11BrN2/c1-2-3-9(7-12)8-4-5-13-10(11)6-8/h4-6,9H,2-3H2,1H3. The fourth-order valence-corrected chi connectivity index (χ4v) is 1.61. The van der Waals surface area contributed by atoms with Crippen molar-refractivity contribution < 1.29 is 0 Å². The molecule has 0 aliphatic rings. The lowest BCUT2D eigenvalue weighted by Gasteiger charge is -2.06. The van der Waals surface area contributed by atoms with Gasteiger partial charge in [-0.05, 0) is 40.0 Å². The molecule has 68 valence electrons. The van der Waals surface area contributed by atoms with Crippen LogP contribution in [0.15, 0.2) is 22.9 Å². The van der Waals surface area contributed by atoms with Gasteiger partial charge in [0.05, 0.1) is 12.0 Å². The normalized spacial score (nSPS) is 12.1. The van der Waals surface area contributed by atoms with Gasteiger partial charge in [-0.3, -0.25) is 0 Å². The number of aromatic nitrogens is 1. The predicted octanol–water partition coefficient (Wildman–Crippen LogP) is 3.25. The first-order chi connectivity index (χ1) is 6.27. The largest absolute Gasteiger partial charge is 0.249 e. The van der Waals surface area contributed by atoms with E-state index in [1.54, 1.807) is 6.20 Å². The molecule has 0 N–H and O–H groups in total. The van der Waals surface area contributed by atoms with Crippen molar-refractivity contribution in [1.29, 1.82) is 5.26 Å². The molecule has 0 aromatic carbocycles. The summed E-state index contributed by atoms with van der Waals surface area (Å²) in [5, 5.41) is 8.92. The first-order valence-corrected chi connectivity index (χ1v) is 5.08. The Kier molecular flexibility index (Phi) is 3.91. The van der Waals surface area contributed by atoms with Gasteiger partial charge in [0, 0.05) is 6.20 Å². The van der Waals surface area contributed by atoms with Crippen LogP contribution in [0.2, 0.25) is 0 Å². The van der Waals surface area contributed by atoms with Crippen molar-refractivity contribution >= 4 is 15.9 Å². The summed E-state index contributed by atoms with van der Waals surface area (Å²) in [7, 11) is 0. The van der Waals surface area contributed by atoms with Crippen LogP contribution in [0.25, 0.3) is 0 Å². The number of hydrogen-bond acceptors (Lipinski definition) is 2. The van der Waals surface area contributed by atoms with E-state index in [0.717, 1.165) is 23.0 Å². The summed E-state index contributed by atoms with van der Waals surface area (Å²) < 4.78 is 0.793. The summed E-state index contributed by atoms with van der Waals surface area (Å²) in [6.07, 6.45) is 3.66. The van der Waals surface area contributed by atoms with E-state index < -0.39 is 0 Å². The summed E-state index contributed by atoms with van der Waals surface area (Å²) in [5.41, 5.74) is 1.05. The van der Waals surface area contributed by atoms with Gasteiger partial charge in [0.15, 0.2) is 0 Å². The maximum absolute atomic E-state index is 8.92. The maximum atomic E-state index is 8.92. The van der Waals surface area contributed by atoms with E-state index in [0.29, 0.717) is 0 Å². The summed E-state index contributed by atoms with van der Waals surface area (Å²) in [6, 6.07) is 6.10. The molecule has 0 saturated heterocycles. The van der Waals surface area contributed by atoms with Gasteiger partial charge in [0.1, 0.15) is 4.60 Å². The van der Waals surface area contributed by atoms with E-state index >= 15 is 0 Å². The molecule has 0 radical (unpaired) electrons. The Balaban J connectivity index is 2.86. The fraction of sp³-hybridized carbons (Fsp3) is 0.400. The van der Waals surface area contributed by atoms with Crippen LogP contribution in [-0.4, -0.2) is 4.98 Å². The average Bonchev–Trinajstić information content (AvgIpc) is 2.14. The Morgan fingerprint density at radius 1 is 1.69 bits per heavy atom. The third-order valence-electron chi connectivity index (χ3n) is 1.89. The van der Waals surface area contributed by atoms with Crippen molar-refractivity contribution in [3.05, 3.63) is 28.5 Å². The topological polar surface area (TPSA) is 36.7 Å². The molecule has 0 aliphatic heterocycles. The average molecular weight is 239 g/mol. The van der Waals surface area contributed by atoms with E-state index in [1.165, 1.54) is 0 Å². The Hall–Kier alpha value is -0.880. The molecule has 1 unspecified atom stereocenters. The minimum Gasteiger partial charge on any atom is -0.249 e. The second-order valence-electron chi connectivity index (χ2n) is 2.88. The van der Waals surface area contributed by atoms with Gasteiger partial charge in [-0.1, -0.05) is 13.3 Å². The molecule has 0 fully saturated rings. The number of nitriles is 1. The molecule has 0 aliphatic carbocycles. The third kappa shape index (κ3) is 2.82. The quantitative estimate of drug-likeness (QED) is 0.759. The molecular weight excluding hydrogens is 228 g/mol. The predicted molar refractivity (Wildman–Crippen MR) is 55.2 cm³/mol. The Labute approximate surface area is 86.7 Å². The Bertz CT molecular complexity index is 317. The molecule has 1 aromatic heterocycles. The number of halogens is 1. The molecule has 13 heavy (non-hydrogen) atoms. The van der Waals surface area contributed by atoms with Crippen molar-refractivity contribution in [3.8, 4) is 6.07 Å². The third-order valence-corrected chi connectivity index (χ3v) is 2.32. The van der Waals surface area contributed by atoms with Crippen LogP contribution in [0.1, 0.15) is 31.2 Å². The lowest BCUT2D eigenvalue weighted by molar-refractivity contribution is 0.725. The van der Waals surface area contributed by atoms with Gasteiger partial charge < -0.3 is 0 Å². The van der Waals surface area contributed by atoms with Crippen LogP contribution in [0.3, 0.4) is 0 Å². The van der Waals surface area contributed by atoms with E-state index in [2.05, 4.69) is 33.9 Å². The van der Waals surface area contributed by atoms with Gasteiger partial charge in [-0.2, -0.15) is 5.26 Å². The fourth-order valence-electron chi connectivity index (χ4n) is 1.23. The van der Waals surface area contributed by atoms with E-state index in [1.807, 2.05) is 12.1 Å². The summed E-state index contributed by atoms with van der Waals surface area (Å²) in [5.74, 6) is 0.00398. The van der Waals surface area contributed by atoms with Crippen molar-refractivity contribution in [2.24, 2.45) is 0 Å². The summed E-state index contributed by atoms with van der Waals surface area (Å²) in [4.78, 5) is 4.02. The smallest absolute Gasteiger partial charge is 0.106 e. The highest BCUT2D eigenvalue weighted by atomic mass is 79.9. The van der Waals surface area contributed by atoms with Gasteiger partial charge in [-0.15, -0.1) is 0 Å². The minimum atomic E-state index is 0.00398. The maximum Gasteiger partial charge on any atom is 0.106 e. The highest BCUT2D eigenvalue weighted by Crippen LogP contribution is 2.21. The van der Waals surface area contributed by atoms with Crippen molar-refractivity contribution in [2.45, 2.75) is 25.7 Å². The molecular formula is C10H11BrN2. The number of rotatable bonds is 3. The monoisotopic (exact) mass is 238 g/mol. The highest BCUT2D eigenvalue weighted by Gasteiger charge is 2.09. The van der Waals surface area contributed by atoms with E-state index in [-0.39, 0.29) is 5.92 Å². The molecule has 3 heteroatoms. The highest BCUT2D eigenvalue weighted by molar-refractivity contribution is 9.10. The lowest BCUT2D eigenvalue weighted by atomic mass is 9.97. The number of nitrogens with zero attached hydrogens (tertiary/aromatic N) is 2. The molecule has 1 atom stereocenters.